The fourth-order valence-corrected chi connectivity index (χ4v) is 5.10. The van der Waals surface area contributed by atoms with Crippen molar-refractivity contribution < 1.29 is 14.7 Å². The Morgan fingerprint density at radius 3 is 2.14 bits per heavy atom. The van der Waals surface area contributed by atoms with E-state index in [0.717, 1.165) is 53.0 Å². The molecule has 1 aromatic heterocycles. The molecule has 2 heterocycles. The van der Waals surface area contributed by atoms with Crippen molar-refractivity contribution >= 4 is 35.0 Å². The van der Waals surface area contributed by atoms with Crippen LogP contribution in [0.4, 0.5) is 27.8 Å². The number of aromatic nitrogens is 2. The van der Waals surface area contributed by atoms with E-state index in [0.29, 0.717) is 5.95 Å². The molecule has 0 unspecified atom stereocenters. The topological polar surface area (TPSA) is 119 Å². The third kappa shape index (κ3) is 6.06. The molecular formula is C28H34N6O3. The Balaban J connectivity index is 1.49. The molecule has 3 aromatic rings. The fraction of sp³-hybridized carbons (Fsp3) is 0.357. The van der Waals surface area contributed by atoms with Crippen LogP contribution < -0.4 is 25.5 Å². The smallest absolute Gasteiger partial charge is 0.227 e. The van der Waals surface area contributed by atoms with Gasteiger partial charge in [0.05, 0.1) is 24.3 Å². The second kappa shape index (κ2) is 10.6. The van der Waals surface area contributed by atoms with Crippen LogP contribution in [0, 0.1) is 0 Å². The summed E-state index contributed by atoms with van der Waals surface area (Å²) in [6.07, 6.45) is 2.03. The number of quaternary nitrogens is 1. The molecule has 0 atom stereocenters. The largest absolute Gasteiger partial charge is 0.530 e. The summed E-state index contributed by atoms with van der Waals surface area (Å²) in [5.74, 6) is 0.380. The Hall–Kier alpha value is -3.98. The molecule has 194 valence electrons. The van der Waals surface area contributed by atoms with Gasteiger partial charge in [-0.25, -0.2) is 9.97 Å². The van der Waals surface area contributed by atoms with E-state index in [4.69, 9.17) is 0 Å². The van der Waals surface area contributed by atoms with Gasteiger partial charge in [0.2, 0.25) is 11.9 Å². The minimum absolute atomic E-state index is 0.0473. The molecule has 2 amide bonds. The molecule has 1 saturated heterocycles. The van der Waals surface area contributed by atoms with Crippen LogP contribution in [0.3, 0.4) is 0 Å². The lowest BCUT2D eigenvalue weighted by molar-refractivity contribution is -0.252. The summed E-state index contributed by atoms with van der Waals surface area (Å²) < 4.78 is 0.777. The number of anilines is 3. The van der Waals surface area contributed by atoms with E-state index in [2.05, 4.69) is 58.8 Å². The summed E-state index contributed by atoms with van der Waals surface area (Å²) in [4.78, 5) is 31.2. The third-order valence-corrected chi connectivity index (χ3v) is 7.10. The van der Waals surface area contributed by atoms with E-state index in [9.17, 15) is 14.7 Å². The Labute approximate surface area is 217 Å². The number of nitrogens with zero attached hydrogens (tertiary/aromatic N) is 3. The first-order valence-electron chi connectivity index (χ1n) is 12.5. The second-order valence-corrected chi connectivity index (χ2v) is 10.5. The van der Waals surface area contributed by atoms with Crippen molar-refractivity contribution in [1.82, 2.24) is 19.8 Å². The summed E-state index contributed by atoms with van der Waals surface area (Å²) in [5.41, 5.74) is 4.45. The van der Waals surface area contributed by atoms with Gasteiger partial charge in [-0.15, -0.1) is 0 Å². The van der Waals surface area contributed by atoms with Crippen molar-refractivity contribution in [3.8, 4) is 11.3 Å². The van der Waals surface area contributed by atoms with E-state index >= 15 is 0 Å². The Kier molecular flexibility index (Phi) is 7.45. The lowest BCUT2D eigenvalue weighted by Crippen LogP contribution is -2.66. The van der Waals surface area contributed by atoms with Crippen molar-refractivity contribution in [2.75, 3.05) is 23.7 Å². The van der Waals surface area contributed by atoms with Crippen molar-refractivity contribution in [2.24, 2.45) is 0 Å². The van der Waals surface area contributed by atoms with Crippen LogP contribution >= 0.6 is 0 Å². The van der Waals surface area contributed by atoms with Gasteiger partial charge in [-0.1, -0.05) is 12.1 Å². The summed E-state index contributed by atoms with van der Waals surface area (Å²) >= 11 is 0. The van der Waals surface area contributed by atoms with Crippen LogP contribution in [-0.2, 0) is 4.79 Å². The van der Waals surface area contributed by atoms with Crippen molar-refractivity contribution in [2.45, 2.75) is 52.1 Å². The zero-order chi connectivity index (χ0) is 26.6. The van der Waals surface area contributed by atoms with Crippen LogP contribution in [0.15, 0.2) is 60.8 Å². The maximum absolute atomic E-state index is 11.2. The van der Waals surface area contributed by atoms with Gasteiger partial charge in [-0.2, -0.15) is 0 Å². The van der Waals surface area contributed by atoms with Gasteiger partial charge in [-0.3, -0.25) is 9.28 Å². The highest BCUT2D eigenvalue weighted by atomic mass is 16.4. The number of hydrogen-bond donors (Lipinski definition) is 3. The molecule has 1 aliphatic rings. The lowest BCUT2D eigenvalue weighted by Gasteiger charge is -2.52. The summed E-state index contributed by atoms with van der Waals surface area (Å²) in [6.45, 7) is 9.85. The molecule has 9 nitrogen and oxygen atoms in total. The zero-order valence-electron chi connectivity index (χ0n) is 21.7. The number of amides is 2. The van der Waals surface area contributed by atoms with Gasteiger partial charge < -0.3 is 25.9 Å². The standard InChI is InChI=1S/C28H34N6O3/c1-19(35)30-21-7-5-20(6-8-21)25-13-16-29-26(33-25)31-22-9-11-24(12-10-22)34(28(2,3)4)17-14-23(15-18-34)32-27(36)37/h5-13,16,23,32H,14-15,17-18H2,1-4H3,(H2-,29,30,31,33,35,36,37). The SMILES string of the molecule is CC(=O)Nc1ccc(-c2ccnc(Nc3ccc([N+]4(C(C)(C)C)CCC(NC(=O)[O-])CC4)cc3)n2)cc1. The van der Waals surface area contributed by atoms with Crippen molar-refractivity contribution in [3.05, 3.63) is 60.8 Å². The quantitative estimate of drug-likeness (QED) is 0.438. The number of carboxylic acid groups (broad SMARTS) is 1. The monoisotopic (exact) mass is 502 g/mol. The average molecular weight is 503 g/mol. The molecule has 1 aliphatic heterocycles. The summed E-state index contributed by atoms with van der Waals surface area (Å²) in [5, 5.41) is 19.6. The minimum atomic E-state index is -1.20. The van der Waals surface area contributed by atoms with E-state index in [1.165, 1.54) is 12.6 Å². The molecule has 0 aliphatic carbocycles. The van der Waals surface area contributed by atoms with E-state index < -0.39 is 6.09 Å². The van der Waals surface area contributed by atoms with Crippen LogP contribution in [0.1, 0.15) is 40.5 Å². The van der Waals surface area contributed by atoms with Gasteiger partial charge in [0, 0.05) is 61.1 Å². The molecule has 0 saturated carbocycles. The van der Waals surface area contributed by atoms with Crippen LogP contribution in [0.5, 0.6) is 0 Å². The fourth-order valence-electron chi connectivity index (χ4n) is 5.10. The summed E-state index contributed by atoms with van der Waals surface area (Å²) in [6, 6.07) is 17.6. The maximum Gasteiger partial charge on any atom is 0.227 e. The van der Waals surface area contributed by atoms with Gasteiger partial charge in [0.25, 0.3) is 0 Å². The molecular weight excluding hydrogens is 468 g/mol. The molecule has 4 rings (SSSR count). The highest BCUT2D eigenvalue weighted by molar-refractivity contribution is 5.88. The van der Waals surface area contributed by atoms with Crippen LogP contribution in [-0.4, -0.2) is 46.6 Å². The van der Waals surface area contributed by atoms with E-state index in [-0.39, 0.29) is 17.5 Å². The number of carbonyl (C=O) groups is 2. The highest BCUT2D eigenvalue weighted by Crippen LogP contribution is 2.38. The van der Waals surface area contributed by atoms with E-state index in [1.54, 1.807) is 6.20 Å². The average Bonchev–Trinajstić information content (AvgIpc) is 2.84. The van der Waals surface area contributed by atoms with Crippen LogP contribution in [0.25, 0.3) is 11.3 Å². The third-order valence-electron chi connectivity index (χ3n) is 7.10. The first kappa shape index (κ1) is 26.1. The number of likely N-dealkylation sites (tertiary alicyclic amines) is 1. The Morgan fingerprint density at radius 1 is 0.946 bits per heavy atom. The molecule has 37 heavy (non-hydrogen) atoms. The molecule has 0 bridgehead atoms. The molecule has 2 aromatic carbocycles. The molecule has 9 heteroatoms. The van der Waals surface area contributed by atoms with Gasteiger partial charge >= 0.3 is 0 Å². The van der Waals surface area contributed by atoms with Gasteiger partial charge in [0.1, 0.15) is 11.8 Å². The first-order valence-corrected chi connectivity index (χ1v) is 12.5. The maximum atomic E-state index is 11.2. The van der Waals surface area contributed by atoms with Gasteiger partial charge in [0.15, 0.2) is 0 Å². The highest BCUT2D eigenvalue weighted by Gasteiger charge is 2.45. The number of benzene rings is 2. The second-order valence-electron chi connectivity index (χ2n) is 10.5. The lowest BCUT2D eigenvalue weighted by atomic mass is 9.91. The molecule has 1 fully saturated rings. The van der Waals surface area contributed by atoms with Gasteiger partial charge in [-0.05, 0) is 51.1 Å². The normalized spacial score (nSPS) is 19.6. The zero-order valence-corrected chi connectivity index (χ0v) is 21.7. The van der Waals surface area contributed by atoms with Crippen LogP contribution in [0.2, 0.25) is 0 Å². The minimum Gasteiger partial charge on any atom is -0.530 e. The first-order chi connectivity index (χ1) is 17.6. The number of carbonyl (C=O) groups excluding carboxylic acids is 2. The predicted molar refractivity (Wildman–Crippen MR) is 144 cm³/mol. The van der Waals surface area contributed by atoms with Crippen molar-refractivity contribution in [1.29, 1.82) is 0 Å². The molecule has 3 N–H and O–H groups in total. The molecule has 0 spiro atoms. The number of nitrogens with one attached hydrogen (secondary N) is 3. The number of hydrogen-bond acceptors (Lipinski definition) is 6. The predicted octanol–water partition coefficient (Wildman–Crippen LogP) is 4.05. The Morgan fingerprint density at radius 2 is 1.57 bits per heavy atom. The Bertz CT molecular complexity index is 1240. The summed E-state index contributed by atoms with van der Waals surface area (Å²) in [7, 11) is 0. The van der Waals surface area contributed by atoms with Crippen molar-refractivity contribution in [3.63, 3.8) is 0 Å². The number of rotatable bonds is 6. The molecule has 0 radical (unpaired) electrons. The van der Waals surface area contributed by atoms with E-state index in [1.807, 2.05) is 42.5 Å². The number of piperidine rings is 1.